The van der Waals surface area contributed by atoms with Crippen LogP contribution in [0, 0.1) is 5.92 Å². The normalized spacial score (nSPS) is 13.2. The molecule has 0 saturated carbocycles. The Morgan fingerprint density at radius 3 is 1.90 bits per heavy atom. The summed E-state index contributed by atoms with van der Waals surface area (Å²) in [6.45, 7) is 8.75. The largest absolute Gasteiger partial charge is 0.269 e. The third kappa shape index (κ3) is 3.18. The van der Waals surface area contributed by atoms with E-state index in [1.54, 1.807) is 5.01 Å². The van der Waals surface area contributed by atoms with Crippen LogP contribution in [0.3, 0.4) is 0 Å². The van der Waals surface area contributed by atoms with Gasteiger partial charge in [0.05, 0.1) is 0 Å². The molecule has 0 aliphatic heterocycles. The Morgan fingerprint density at radius 2 is 1.80 bits per heavy atom. The van der Waals surface area contributed by atoms with Crippen LogP contribution in [0.25, 0.3) is 0 Å². The average molecular weight is 144 g/mol. The maximum atomic E-state index is 5.65. The molecule has 0 saturated heterocycles. The molecule has 10 heavy (non-hydrogen) atoms. The highest BCUT2D eigenvalue weighted by molar-refractivity contribution is 4.76. The minimum atomic E-state index is 0.133. The Balaban J connectivity index is 3.87. The lowest BCUT2D eigenvalue weighted by molar-refractivity contribution is 0.132. The molecule has 0 fully saturated rings. The van der Waals surface area contributed by atoms with E-state index < -0.39 is 0 Å². The van der Waals surface area contributed by atoms with Crippen molar-refractivity contribution in [1.29, 1.82) is 0 Å². The van der Waals surface area contributed by atoms with Crippen LogP contribution < -0.4 is 5.84 Å². The number of hydrogen-bond acceptors (Lipinski definition) is 2. The fraction of sp³-hybridized carbons (Fsp3) is 1.00. The molecule has 0 amide bonds. The summed E-state index contributed by atoms with van der Waals surface area (Å²) >= 11 is 0. The van der Waals surface area contributed by atoms with Crippen molar-refractivity contribution in [3.63, 3.8) is 0 Å². The summed E-state index contributed by atoms with van der Waals surface area (Å²) in [4.78, 5) is 0. The van der Waals surface area contributed by atoms with Crippen molar-refractivity contribution in [3.05, 3.63) is 0 Å². The molecule has 62 valence electrons. The van der Waals surface area contributed by atoms with E-state index in [4.69, 9.17) is 5.84 Å². The Bertz CT molecular complexity index is 95.4. The van der Waals surface area contributed by atoms with Crippen LogP contribution in [0.1, 0.15) is 34.1 Å². The van der Waals surface area contributed by atoms with Crippen LogP contribution in [0.4, 0.5) is 0 Å². The molecule has 0 aromatic carbocycles. The first-order valence-corrected chi connectivity index (χ1v) is 3.85. The van der Waals surface area contributed by atoms with Gasteiger partial charge in [0.15, 0.2) is 0 Å². The molecular formula is C8H20N2. The lowest BCUT2D eigenvalue weighted by Crippen LogP contribution is -2.46. The van der Waals surface area contributed by atoms with Crippen LogP contribution in [0.2, 0.25) is 0 Å². The van der Waals surface area contributed by atoms with Gasteiger partial charge in [-0.25, -0.2) is 5.01 Å². The van der Waals surface area contributed by atoms with Gasteiger partial charge in [-0.3, -0.25) is 5.84 Å². The van der Waals surface area contributed by atoms with Gasteiger partial charge in [0, 0.05) is 12.6 Å². The van der Waals surface area contributed by atoms with Crippen molar-refractivity contribution in [2.45, 2.75) is 39.7 Å². The lowest BCUT2D eigenvalue weighted by atomic mass is 9.92. The molecule has 0 rings (SSSR count). The maximum Gasteiger partial charge on any atom is 0.0294 e. The molecule has 0 aromatic rings. The van der Waals surface area contributed by atoms with Gasteiger partial charge in [0.25, 0.3) is 0 Å². The van der Waals surface area contributed by atoms with E-state index in [0.29, 0.717) is 5.92 Å². The van der Waals surface area contributed by atoms with Gasteiger partial charge in [-0.2, -0.15) is 0 Å². The molecule has 0 aromatic heterocycles. The molecule has 0 bridgehead atoms. The van der Waals surface area contributed by atoms with Gasteiger partial charge < -0.3 is 0 Å². The average Bonchev–Trinajstić information content (AvgIpc) is 1.60. The summed E-state index contributed by atoms with van der Waals surface area (Å²) in [6.07, 6.45) is 1.14. The molecule has 0 unspecified atom stereocenters. The number of rotatable bonds is 3. The van der Waals surface area contributed by atoms with Crippen molar-refractivity contribution in [1.82, 2.24) is 5.01 Å². The molecule has 0 radical (unpaired) electrons. The van der Waals surface area contributed by atoms with Crippen LogP contribution in [0.5, 0.6) is 0 Å². The summed E-state index contributed by atoms with van der Waals surface area (Å²) in [7, 11) is 1.92. The summed E-state index contributed by atoms with van der Waals surface area (Å²) in [5, 5.41) is 1.78. The summed E-state index contributed by atoms with van der Waals surface area (Å²) in [5.74, 6) is 6.36. The zero-order valence-electron chi connectivity index (χ0n) is 7.81. The summed E-state index contributed by atoms with van der Waals surface area (Å²) in [5.41, 5.74) is 0.133. The lowest BCUT2D eigenvalue weighted by Gasteiger charge is -2.33. The standard InChI is InChI=1S/C8H20N2/c1-7(2)6-8(3,4)10(5)9/h7H,6,9H2,1-5H3. The molecule has 0 aliphatic rings. The van der Waals surface area contributed by atoms with E-state index in [2.05, 4.69) is 27.7 Å². The predicted molar refractivity (Wildman–Crippen MR) is 45.5 cm³/mol. The second-order valence-corrected chi connectivity index (χ2v) is 4.02. The third-order valence-corrected chi connectivity index (χ3v) is 1.86. The number of nitrogens with zero attached hydrogens (tertiary/aromatic N) is 1. The number of hydrogen-bond donors (Lipinski definition) is 1. The Kier molecular flexibility index (Phi) is 3.33. The van der Waals surface area contributed by atoms with Gasteiger partial charge in [-0.05, 0) is 26.2 Å². The summed E-state index contributed by atoms with van der Waals surface area (Å²) in [6, 6.07) is 0. The van der Waals surface area contributed by atoms with Crippen LogP contribution >= 0.6 is 0 Å². The highest BCUT2D eigenvalue weighted by Gasteiger charge is 2.21. The van der Waals surface area contributed by atoms with Gasteiger partial charge in [-0.15, -0.1) is 0 Å². The number of nitrogens with two attached hydrogens (primary N) is 1. The van der Waals surface area contributed by atoms with E-state index in [0.717, 1.165) is 6.42 Å². The number of hydrazine groups is 1. The van der Waals surface area contributed by atoms with Crippen LogP contribution in [-0.2, 0) is 0 Å². The van der Waals surface area contributed by atoms with E-state index in [1.807, 2.05) is 7.05 Å². The quantitative estimate of drug-likeness (QED) is 0.481. The molecule has 2 nitrogen and oxygen atoms in total. The molecule has 0 spiro atoms. The fourth-order valence-corrected chi connectivity index (χ4v) is 1.14. The first-order valence-electron chi connectivity index (χ1n) is 3.85. The van der Waals surface area contributed by atoms with Crippen molar-refractivity contribution in [2.24, 2.45) is 11.8 Å². The van der Waals surface area contributed by atoms with E-state index in [9.17, 15) is 0 Å². The zero-order chi connectivity index (χ0) is 8.36. The predicted octanol–water partition coefficient (Wildman–Crippen LogP) is 1.62. The SMILES string of the molecule is CC(C)CC(C)(C)N(C)N. The minimum absolute atomic E-state index is 0.133. The first-order chi connectivity index (χ1) is 4.36. The van der Waals surface area contributed by atoms with Gasteiger partial charge in [-0.1, -0.05) is 13.8 Å². The molecule has 2 N–H and O–H groups in total. The van der Waals surface area contributed by atoms with Gasteiger partial charge >= 0.3 is 0 Å². The van der Waals surface area contributed by atoms with Gasteiger partial charge in [0.1, 0.15) is 0 Å². The highest BCUT2D eigenvalue weighted by Crippen LogP contribution is 2.18. The molecular weight excluding hydrogens is 124 g/mol. The second-order valence-electron chi connectivity index (χ2n) is 4.02. The van der Waals surface area contributed by atoms with E-state index in [-0.39, 0.29) is 5.54 Å². The molecule has 0 aliphatic carbocycles. The van der Waals surface area contributed by atoms with Crippen LogP contribution in [0.15, 0.2) is 0 Å². The Morgan fingerprint density at radius 1 is 1.40 bits per heavy atom. The van der Waals surface area contributed by atoms with Gasteiger partial charge in [0.2, 0.25) is 0 Å². The maximum absolute atomic E-state index is 5.65. The summed E-state index contributed by atoms with van der Waals surface area (Å²) < 4.78 is 0. The monoisotopic (exact) mass is 144 g/mol. The molecule has 0 heterocycles. The van der Waals surface area contributed by atoms with Crippen molar-refractivity contribution < 1.29 is 0 Å². The molecule has 2 heteroatoms. The molecule has 0 atom stereocenters. The Labute approximate surface area is 64.4 Å². The minimum Gasteiger partial charge on any atom is -0.269 e. The first kappa shape index (κ1) is 9.92. The van der Waals surface area contributed by atoms with E-state index >= 15 is 0 Å². The van der Waals surface area contributed by atoms with Crippen molar-refractivity contribution in [2.75, 3.05) is 7.05 Å². The smallest absolute Gasteiger partial charge is 0.0294 e. The second kappa shape index (κ2) is 3.35. The zero-order valence-corrected chi connectivity index (χ0v) is 7.81. The fourth-order valence-electron chi connectivity index (χ4n) is 1.14. The van der Waals surface area contributed by atoms with Crippen molar-refractivity contribution >= 4 is 0 Å². The van der Waals surface area contributed by atoms with E-state index in [1.165, 1.54) is 0 Å². The topological polar surface area (TPSA) is 29.3 Å². The highest BCUT2D eigenvalue weighted by atomic mass is 15.4. The van der Waals surface area contributed by atoms with Crippen LogP contribution in [-0.4, -0.2) is 17.6 Å². The third-order valence-electron chi connectivity index (χ3n) is 1.86. The Hall–Kier alpha value is -0.0800. The van der Waals surface area contributed by atoms with Crippen molar-refractivity contribution in [3.8, 4) is 0 Å².